The summed E-state index contributed by atoms with van der Waals surface area (Å²) in [4.78, 5) is 13.1. The van der Waals surface area contributed by atoms with Crippen LogP contribution in [0.25, 0.3) is 10.8 Å². The number of ether oxygens (including phenoxy) is 1. The van der Waals surface area contributed by atoms with Crippen LogP contribution in [0.5, 0.6) is 5.75 Å². The summed E-state index contributed by atoms with van der Waals surface area (Å²) in [5, 5.41) is 17.3. The zero-order valence-corrected chi connectivity index (χ0v) is 17.4. The zero-order chi connectivity index (χ0) is 20.8. The zero-order valence-electron chi connectivity index (χ0n) is 16.6. The molecule has 0 spiro atoms. The van der Waals surface area contributed by atoms with E-state index < -0.39 is 0 Å². The van der Waals surface area contributed by atoms with Crippen LogP contribution in [-0.4, -0.2) is 29.3 Å². The van der Waals surface area contributed by atoms with E-state index in [1.54, 1.807) is 0 Å². The van der Waals surface area contributed by atoms with E-state index in [0.29, 0.717) is 28.2 Å². The largest absolute Gasteiger partial charge is 0.493 e. The number of rotatable bonds is 8. The van der Waals surface area contributed by atoms with Gasteiger partial charge in [0.2, 0.25) is 10.3 Å². The number of carbonyl (C=O) groups excluding carboxylic acids is 1. The molecule has 0 aliphatic carbocycles. The van der Waals surface area contributed by atoms with Crippen LogP contribution in [0.2, 0.25) is 0 Å². The molecule has 1 heterocycles. The summed E-state index contributed by atoms with van der Waals surface area (Å²) in [5.41, 5.74) is 1.76. The molecule has 0 aliphatic rings. The molecule has 30 heavy (non-hydrogen) atoms. The van der Waals surface area contributed by atoms with Gasteiger partial charge >= 0.3 is 0 Å². The van der Waals surface area contributed by atoms with Crippen molar-refractivity contribution in [1.82, 2.24) is 10.2 Å². The quantitative estimate of drug-likeness (QED) is 0.421. The second-order valence-corrected chi connectivity index (χ2v) is 7.60. The molecule has 0 saturated carbocycles. The fourth-order valence-corrected chi connectivity index (χ4v) is 3.89. The van der Waals surface area contributed by atoms with Crippen molar-refractivity contribution in [3.05, 3.63) is 77.9 Å². The van der Waals surface area contributed by atoms with Crippen LogP contribution in [-0.2, 0) is 6.42 Å². The molecule has 0 saturated heterocycles. The number of aromatic nitrogens is 2. The number of nitrogens with zero attached hydrogens (tertiary/aromatic N) is 2. The first kappa shape index (κ1) is 19.8. The number of hydrogen-bond donors (Lipinski definition) is 2. The van der Waals surface area contributed by atoms with E-state index >= 15 is 0 Å². The summed E-state index contributed by atoms with van der Waals surface area (Å²) in [6, 6.07) is 21.8. The van der Waals surface area contributed by atoms with Crippen LogP contribution in [0, 0.1) is 0 Å². The first-order chi connectivity index (χ1) is 14.7. The second kappa shape index (κ2) is 9.37. The molecule has 0 aliphatic heterocycles. The minimum Gasteiger partial charge on any atom is -0.493 e. The maximum Gasteiger partial charge on any atom is 0.261 e. The van der Waals surface area contributed by atoms with Crippen molar-refractivity contribution < 1.29 is 9.53 Å². The van der Waals surface area contributed by atoms with Crippen molar-refractivity contribution in [2.75, 3.05) is 23.8 Å². The molecule has 4 aromatic rings. The van der Waals surface area contributed by atoms with Gasteiger partial charge in [-0.05, 0) is 35.7 Å². The highest BCUT2D eigenvalue weighted by molar-refractivity contribution is 7.19. The highest BCUT2D eigenvalue weighted by Crippen LogP contribution is 2.30. The Morgan fingerprint density at radius 1 is 0.967 bits per heavy atom. The molecule has 0 unspecified atom stereocenters. The van der Waals surface area contributed by atoms with Crippen molar-refractivity contribution in [3.8, 4) is 5.75 Å². The normalized spacial score (nSPS) is 10.7. The number of fused-ring (bicyclic) bond motifs is 1. The van der Waals surface area contributed by atoms with Gasteiger partial charge in [-0.15, -0.1) is 10.2 Å². The second-order valence-electron chi connectivity index (χ2n) is 6.62. The molecule has 0 fully saturated rings. The Hall–Kier alpha value is -3.45. The van der Waals surface area contributed by atoms with E-state index in [-0.39, 0.29) is 5.91 Å². The highest BCUT2D eigenvalue weighted by atomic mass is 32.1. The smallest absolute Gasteiger partial charge is 0.261 e. The Bertz CT molecular complexity index is 1140. The summed E-state index contributed by atoms with van der Waals surface area (Å²) in [5.74, 6) is 0.293. The van der Waals surface area contributed by atoms with Crippen molar-refractivity contribution in [2.45, 2.75) is 13.3 Å². The van der Waals surface area contributed by atoms with Crippen molar-refractivity contribution >= 4 is 38.3 Å². The number of anilines is 2. The molecule has 0 radical (unpaired) electrons. The van der Waals surface area contributed by atoms with E-state index in [1.807, 2.05) is 61.5 Å². The number of amides is 1. The first-order valence-electron chi connectivity index (χ1n) is 9.82. The highest BCUT2D eigenvalue weighted by Gasteiger charge is 2.18. The summed E-state index contributed by atoms with van der Waals surface area (Å²) in [6.07, 6.45) is 0.885. The predicted octanol–water partition coefficient (Wildman–Crippen LogP) is 5.00. The van der Waals surface area contributed by atoms with Gasteiger partial charge in [0.1, 0.15) is 5.75 Å². The van der Waals surface area contributed by atoms with Gasteiger partial charge in [0, 0.05) is 6.54 Å². The van der Waals surface area contributed by atoms with Gasteiger partial charge in [-0.1, -0.05) is 72.0 Å². The Labute approximate surface area is 178 Å². The van der Waals surface area contributed by atoms with E-state index in [2.05, 4.69) is 33.0 Å². The van der Waals surface area contributed by atoms with Crippen LogP contribution < -0.4 is 15.4 Å². The molecule has 7 heteroatoms. The number of nitrogens with one attached hydrogen (secondary N) is 2. The molecule has 2 N–H and O–H groups in total. The monoisotopic (exact) mass is 418 g/mol. The summed E-state index contributed by atoms with van der Waals surface area (Å²) < 4.78 is 5.70. The lowest BCUT2D eigenvalue weighted by atomic mass is 10.0. The fraction of sp³-hybridized carbons (Fsp3) is 0.174. The molecule has 0 bridgehead atoms. The SMILES string of the molecule is CCOc1ccc2ccccc2c1C(=O)Nc1nnc(NCCc2ccccc2)s1. The van der Waals surface area contributed by atoms with Crippen LogP contribution in [0.15, 0.2) is 66.7 Å². The topological polar surface area (TPSA) is 76.1 Å². The molecule has 3 aromatic carbocycles. The summed E-state index contributed by atoms with van der Waals surface area (Å²) >= 11 is 1.31. The Balaban J connectivity index is 1.46. The van der Waals surface area contributed by atoms with E-state index in [1.165, 1.54) is 16.9 Å². The van der Waals surface area contributed by atoms with E-state index in [4.69, 9.17) is 4.74 Å². The third kappa shape index (κ3) is 4.58. The minimum atomic E-state index is -0.262. The molecule has 1 amide bonds. The fourth-order valence-electron chi connectivity index (χ4n) is 3.22. The molecular weight excluding hydrogens is 396 g/mol. The molecule has 0 atom stereocenters. The minimum absolute atomic E-state index is 0.262. The van der Waals surface area contributed by atoms with Gasteiger partial charge in [-0.2, -0.15) is 0 Å². The van der Waals surface area contributed by atoms with Gasteiger partial charge in [0.05, 0.1) is 12.2 Å². The maximum absolute atomic E-state index is 13.1. The van der Waals surface area contributed by atoms with Gasteiger partial charge < -0.3 is 10.1 Å². The Kier molecular flexibility index (Phi) is 6.20. The van der Waals surface area contributed by atoms with Crippen molar-refractivity contribution in [3.63, 3.8) is 0 Å². The van der Waals surface area contributed by atoms with Gasteiger partial charge in [0.15, 0.2) is 0 Å². The van der Waals surface area contributed by atoms with Crippen molar-refractivity contribution in [1.29, 1.82) is 0 Å². The third-order valence-electron chi connectivity index (χ3n) is 4.60. The van der Waals surface area contributed by atoms with E-state index in [0.717, 1.165) is 23.7 Å². The summed E-state index contributed by atoms with van der Waals surface area (Å²) in [7, 11) is 0. The third-order valence-corrected chi connectivity index (χ3v) is 5.39. The Morgan fingerprint density at radius 2 is 1.73 bits per heavy atom. The van der Waals surface area contributed by atoms with E-state index in [9.17, 15) is 4.79 Å². The van der Waals surface area contributed by atoms with Crippen LogP contribution in [0.4, 0.5) is 10.3 Å². The first-order valence-corrected chi connectivity index (χ1v) is 10.6. The van der Waals surface area contributed by atoms with Crippen molar-refractivity contribution in [2.24, 2.45) is 0 Å². The van der Waals surface area contributed by atoms with Crippen LogP contribution in [0.1, 0.15) is 22.8 Å². The summed E-state index contributed by atoms with van der Waals surface area (Å²) in [6.45, 7) is 3.12. The molecule has 1 aromatic heterocycles. The lowest BCUT2D eigenvalue weighted by molar-refractivity contribution is 0.102. The predicted molar refractivity (Wildman–Crippen MR) is 122 cm³/mol. The number of carbonyl (C=O) groups is 1. The maximum atomic E-state index is 13.1. The molecule has 4 rings (SSSR count). The lowest BCUT2D eigenvalue weighted by Crippen LogP contribution is -2.14. The van der Waals surface area contributed by atoms with Crippen LogP contribution >= 0.6 is 11.3 Å². The Morgan fingerprint density at radius 3 is 2.57 bits per heavy atom. The average Bonchev–Trinajstić information content (AvgIpc) is 3.21. The van der Waals surface area contributed by atoms with Gasteiger partial charge in [0.25, 0.3) is 5.91 Å². The standard InChI is InChI=1S/C23H22N4O2S/c1-2-29-19-13-12-17-10-6-7-11-18(17)20(19)21(28)25-23-27-26-22(30-23)24-15-14-16-8-4-3-5-9-16/h3-13H,2,14-15H2,1H3,(H,24,26)(H,25,27,28). The molecule has 6 nitrogen and oxygen atoms in total. The lowest BCUT2D eigenvalue weighted by Gasteiger charge is -2.12. The number of hydrogen-bond acceptors (Lipinski definition) is 6. The molecular formula is C23H22N4O2S. The average molecular weight is 419 g/mol. The molecule has 152 valence electrons. The van der Waals surface area contributed by atoms with Crippen LogP contribution in [0.3, 0.4) is 0 Å². The van der Waals surface area contributed by atoms with Gasteiger partial charge in [-0.25, -0.2) is 0 Å². The van der Waals surface area contributed by atoms with Gasteiger partial charge in [-0.3, -0.25) is 10.1 Å². The number of benzene rings is 3.